The van der Waals surface area contributed by atoms with Gasteiger partial charge in [-0.05, 0) is 13.8 Å². The molecular weight excluding hydrogens is 160 g/mol. The van der Waals surface area contributed by atoms with E-state index in [1.165, 1.54) is 0 Å². The van der Waals surface area contributed by atoms with Gasteiger partial charge in [-0.3, -0.25) is 0 Å². The molecule has 2 aliphatic heterocycles. The Hall–Kier alpha value is -0.160. The molecule has 0 radical (unpaired) electrons. The largest absolute Gasteiger partial charge is 0.388 e. The van der Waals surface area contributed by atoms with E-state index in [1.807, 2.05) is 13.8 Å². The Morgan fingerprint density at radius 1 is 1.33 bits per heavy atom. The zero-order valence-electron chi connectivity index (χ0n) is 7.32. The normalized spacial score (nSPS) is 45.8. The van der Waals surface area contributed by atoms with Crippen LogP contribution in [0.2, 0.25) is 0 Å². The summed E-state index contributed by atoms with van der Waals surface area (Å²) in [5, 5.41) is 9.45. The molecular formula is C8H14O4. The number of aliphatic hydroxyl groups is 1. The average molecular weight is 174 g/mol. The highest BCUT2D eigenvalue weighted by Gasteiger charge is 2.45. The maximum atomic E-state index is 9.45. The second kappa shape index (κ2) is 2.67. The minimum Gasteiger partial charge on any atom is -0.388 e. The van der Waals surface area contributed by atoms with Crippen molar-refractivity contribution < 1.29 is 19.3 Å². The third-order valence-electron chi connectivity index (χ3n) is 2.24. The monoisotopic (exact) mass is 174 g/mol. The van der Waals surface area contributed by atoms with E-state index in [9.17, 15) is 5.11 Å². The van der Waals surface area contributed by atoms with Gasteiger partial charge < -0.3 is 19.3 Å². The third kappa shape index (κ3) is 1.35. The molecule has 70 valence electrons. The predicted molar refractivity (Wildman–Crippen MR) is 40.7 cm³/mol. The summed E-state index contributed by atoms with van der Waals surface area (Å²) in [6, 6.07) is 0. The van der Waals surface area contributed by atoms with Gasteiger partial charge in [0, 0.05) is 0 Å². The van der Waals surface area contributed by atoms with Crippen molar-refractivity contribution in [2.45, 2.75) is 37.9 Å². The number of hydrogen-bond donors (Lipinski definition) is 1. The Bertz CT molecular complexity index is 180. The van der Waals surface area contributed by atoms with E-state index in [0.717, 1.165) is 0 Å². The second-order valence-electron chi connectivity index (χ2n) is 3.73. The van der Waals surface area contributed by atoms with Crippen LogP contribution in [0.4, 0.5) is 0 Å². The molecule has 4 heteroatoms. The van der Waals surface area contributed by atoms with Crippen molar-refractivity contribution in [3.8, 4) is 0 Å². The van der Waals surface area contributed by atoms with Crippen molar-refractivity contribution in [3.05, 3.63) is 0 Å². The molecule has 0 aromatic carbocycles. The van der Waals surface area contributed by atoms with Gasteiger partial charge in [-0.25, -0.2) is 0 Å². The summed E-state index contributed by atoms with van der Waals surface area (Å²) < 4.78 is 16.1. The first kappa shape index (κ1) is 8.44. The fourth-order valence-corrected chi connectivity index (χ4v) is 1.60. The maximum absolute atomic E-state index is 9.45. The van der Waals surface area contributed by atoms with E-state index in [0.29, 0.717) is 13.2 Å². The fourth-order valence-electron chi connectivity index (χ4n) is 1.60. The Labute approximate surface area is 71.4 Å². The Morgan fingerprint density at radius 2 is 2.08 bits per heavy atom. The number of hydrogen-bond acceptors (Lipinski definition) is 4. The number of aliphatic hydroxyl groups excluding tert-OH is 1. The topological polar surface area (TPSA) is 47.9 Å². The van der Waals surface area contributed by atoms with Crippen LogP contribution in [-0.4, -0.2) is 42.4 Å². The summed E-state index contributed by atoms with van der Waals surface area (Å²) in [4.78, 5) is 0. The van der Waals surface area contributed by atoms with Gasteiger partial charge in [0.05, 0.1) is 13.2 Å². The first-order valence-corrected chi connectivity index (χ1v) is 4.20. The zero-order valence-corrected chi connectivity index (χ0v) is 7.32. The molecule has 2 heterocycles. The van der Waals surface area contributed by atoms with Crippen LogP contribution in [0.5, 0.6) is 0 Å². The van der Waals surface area contributed by atoms with Crippen molar-refractivity contribution >= 4 is 0 Å². The molecule has 2 saturated heterocycles. The summed E-state index contributed by atoms with van der Waals surface area (Å²) in [5.74, 6) is -0.587. The summed E-state index contributed by atoms with van der Waals surface area (Å²) >= 11 is 0. The number of fused-ring (bicyclic) bond motifs is 1. The highest BCUT2D eigenvalue weighted by atomic mass is 16.7. The van der Waals surface area contributed by atoms with E-state index in [2.05, 4.69) is 0 Å². The lowest BCUT2D eigenvalue weighted by atomic mass is 10.1. The van der Waals surface area contributed by atoms with Gasteiger partial charge in [-0.1, -0.05) is 0 Å². The van der Waals surface area contributed by atoms with Gasteiger partial charge in [0.25, 0.3) is 0 Å². The average Bonchev–Trinajstić information content (AvgIpc) is 2.31. The number of rotatable bonds is 0. The van der Waals surface area contributed by atoms with Crippen LogP contribution < -0.4 is 0 Å². The Kier molecular flexibility index (Phi) is 1.88. The molecule has 1 N–H and O–H groups in total. The van der Waals surface area contributed by atoms with E-state index in [-0.39, 0.29) is 12.2 Å². The molecule has 0 aromatic rings. The molecule has 12 heavy (non-hydrogen) atoms. The molecule has 0 amide bonds. The second-order valence-corrected chi connectivity index (χ2v) is 3.73. The van der Waals surface area contributed by atoms with Crippen LogP contribution in [-0.2, 0) is 14.2 Å². The van der Waals surface area contributed by atoms with Gasteiger partial charge >= 0.3 is 0 Å². The summed E-state index contributed by atoms with van der Waals surface area (Å²) in [7, 11) is 0. The summed E-state index contributed by atoms with van der Waals surface area (Å²) in [6.07, 6.45) is -0.806. The van der Waals surface area contributed by atoms with Crippen molar-refractivity contribution in [2.75, 3.05) is 13.2 Å². The van der Waals surface area contributed by atoms with Gasteiger partial charge in [0.15, 0.2) is 5.79 Å². The highest BCUT2D eigenvalue weighted by molar-refractivity contribution is 4.88. The third-order valence-corrected chi connectivity index (χ3v) is 2.24. The minimum absolute atomic E-state index is 0.0898. The van der Waals surface area contributed by atoms with Crippen LogP contribution in [0, 0.1) is 0 Å². The molecule has 0 spiro atoms. The Morgan fingerprint density at radius 3 is 2.83 bits per heavy atom. The fraction of sp³-hybridized carbons (Fsp3) is 1.00. The lowest BCUT2D eigenvalue weighted by Gasteiger charge is -2.37. The molecule has 0 unspecified atom stereocenters. The van der Waals surface area contributed by atoms with Crippen molar-refractivity contribution in [1.82, 2.24) is 0 Å². The van der Waals surface area contributed by atoms with E-state index in [4.69, 9.17) is 14.2 Å². The molecule has 0 bridgehead atoms. The highest BCUT2D eigenvalue weighted by Crippen LogP contribution is 2.29. The van der Waals surface area contributed by atoms with Crippen LogP contribution in [0.1, 0.15) is 13.8 Å². The smallest absolute Gasteiger partial charge is 0.163 e. The SMILES string of the molecule is CC1(C)OC[C@H]2OC[C@H](O)[C@@H]2O1. The minimum atomic E-state index is -0.587. The molecule has 4 nitrogen and oxygen atoms in total. The van der Waals surface area contributed by atoms with Crippen LogP contribution in [0.3, 0.4) is 0 Å². The molecule has 2 aliphatic rings. The van der Waals surface area contributed by atoms with Crippen molar-refractivity contribution in [1.29, 1.82) is 0 Å². The molecule has 2 fully saturated rings. The van der Waals surface area contributed by atoms with Gasteiger partial charge in [-0.2, -0.15) is 0 Å². The Balaban J connectivity index is 2.07. The molecule has 0 aliphatic carbocycles. The lowest BCUT2D eigenvalue weighted by molar-refractivity contribution is -0.299. The molecule has 0 saturated carbocycles. The van der Waals surface area contributed by atoms with E-state index < -0.39 is 11.9 Å². The number of ether oxygens (including phenoxy) is 3. The van der Waals surface area contributed by atoms with E-state index >= 15 is 0 Å². The standard InChI is InChI=1S/C8H14O4/c1-8(2)11-4-6-7(12-8)5(9)3-10-6/h5-7,9H,3-4H2,1-2H3/t5-,6+,7-/m0/s1. The van der Waals surface area contributed by atoms with Crippen LogP contribution in [0.15, 0.2) is 0 Å². The quantitative estimate of drug-likeness (QED) is 0.557. The first-order valence-electron chi connectivity index (χ1n) is 4.20. The van der Waals surface area contributed by atoms with Crippen LogP contribution in [0.25, 0.3) is 0 Å². The van der Waals surface area contributed by atoms with Gasteiger partial charge in [-0.15, -0.1) is 0 Å². The van der Waals surface area contributed by atoms with Crippen molar-refractivity contribution in [2.24, 2.45) is 0 Å². The lowest BCUT2D eigenvalue weighted by Crippen LogP contribution is -2.49. The first-order chi connectivity index (χ1) is 5.58. The maximum Gasteiger partial charge on any atom is 0.163 e. The summed E-state index contributed by atoms with van der Waals surface area (Å²) in [6.45, 7) is 4.55. The van der Waals surface area contributed by atoms with E-state index in [1.54, 1.807) is 0 Å². The molecule has 3 atom stereocenters. The molecule has 2 rings (SSSR count). The predicted octanol–water partition coefficient (Wildman–Crippen LogP) is -0.102. The van der Waals surface area contributed by atoms with Gasteiger partial charge in [0.1, 0.15) is 18.3 Å². The van der Waals surface area contributed by atoms with Crippen molar-refractivity contribution in [3.63, 3.8) is 0 Å². The summed E-state index contributed by atoms with van der Waals surface area (Å²) in [5.41, 5.74) is 0. The van der Waals surface area contributed by atoms with Crippen LogP contribution >= 0.6 is 0 Å². The van der Waals surface area contributed by atoms with Gasteiger partial charge in [0.2, 0.25) is 0 Å². The zero-order chi connectivity index (χ0) is 8.77. The molecule has 0 aromatic heterocycles.